The minimum atomic E-state index is -0.0366. The first-order valence-corrected chi connectivity index (χ1v) is 5.77. The summed E-state index contributed by atoms with van der Waals surface area (Å²) in [6.07, 6.45) is 4.54. The van der Waals surface area contributed by atoms with Crippen LogP contribution in [0.5, 0.6) is 0 Å². The molecule has 16 heavy (non-hydrogen) atoms. The highest BCUT2D eigenvalue weighted by molar-refractivity contribution is 6.99. The van der Waals surface area contributed by atoms with Gasteiger partial charge in [-0.3, -0.25) is 9.78 Å². The number of ketones is 1. The summed E-state index contributed by atoms with van der Waals surface area (Å²) < 4.78 is 7.70. The molecular weight excluding hydrogens is 222 g/mol. The quantitative estimate of drug-likeness (QED) is 0.757. The third-order valence-electron chi connectivity index (χ3n) is 2.28. The van der Waals surface area contributed by atoms with Crippen molar-refractivity contribution in [3.8, 4) is 0 Å². The fourth-order valence-corrected chi connectivity index (χ4v) is 1.74. The second-order valence-electron chi connectivity index (χ2n) is 3.40. The van der Waals surface area contributed by atoms with Crippen molar-refractivity contribution < 1.29 is 4.79 Å². The molecule has 0 amide bonds. The predicted octanol–water partition coefficient (Wildman–Crippen LogP) is 1.92. The summed E-state index contributed by atoms with van der Waals surface area (Å²) >= 11 is 1.04. The lowest BCUT2D eigenvalue weighted by Crippen LogP contribution is -2.05. The van der Waals surface area contributed by atoms with Gasteiger partial charge in [-0.05, 0) is 18.1 Å². The SMILES string of the molecule is CCc1ccc(CC(=O)c2cnsn2)nc1. The van der Waals surface area contributed by atoms with E-state index in [1.807, 2.05) is 18.3 Å². The number of aryl methyl sites for hydroxylation is 1. The minimum Gasteiger partial charge on any atom is -0.292 e. The average Bonchev–Trinajstić information content (AvgIpc) is 2.83. The summed E-state index contributed by atoms with van der Waals surface area (Å²) in [7, 11) is 0. The van der Waals surface area contributed by atoms with E-state index < -0.39 is 0 Å². The Labute approximate surface area is 97.7 Å². The van der Waals surface area contributed by atoms with Crippen LogP contribution in [0.1, 0.15) is 28.7 Å². The first-order chi connectivity index (χ1) is 7.79. The molecule has 0 aliphatic heterocycles. The number of aromatic nitrogens is 3. The first-order valence-electron chi connectivity index (χ1n) is 5.04. The zero-order valence-electron chi connectivity index (χ0n) is 8.88. The van der Waals surface area contributed by atoms with Crippen molar-refractivity contribution in [2.75, 3.05) is 0 Å². The van der Waals surface area contributed by atoms with Crippen molar-refractivity contribution in [1.82, 2.24) is 13.7 Å². The van der Waals surface area contributed by atoms with Crippen molar-refractivity contribution in [3.63, 3.8) is 0 Å². The van der Waals surface area contributed by atoms with Crippen LogP contribution in [0.4, 0.5) is 0 Å². The van der Waals surface area contributed by atoms with Gasteiger partial charge in [0.05, 0.1) is 24.3 Å². The van der Waals surface area contributed by atoms with Gasteiger partial charge in [-0.15, -0.1) is 0 Å². The Morgan fingerprint density at radius 2 is 2.25 bits per heavy atom. The van der Waals surface area contributed by atoms with Crippen LogP contribution in [0.25, 0.3) is 0 Å². The van der Waals surface area contributed by atoms with E-state index in [0.29, 0.717) is 5.69 Å². The fourth-order valence-electron chi connectivity index (χ4n) is 1.31. The van der Waals surface area contributed by atoms with Crippen LogP contribution < -0.4 is 0 Å². The molecule has 0 unspecified atom stereocenters. The molecule has 2 heterocycles. The Balaban J connectivity index is 2.06. The van der Waals surface area contributed by atoms with E-state index in [1.54, 1.807) is 0 Å². The maximum Gasteiger partial charge on any atom is 0.189 e. The van der Waals surface area contributed by atoms with Crippen molar-refractivity contribution in [1.29, 1.82) is 0 Å². The van der Waals surface area contributed by atoms with Crippen molar-refractivity contribution in [3.05, 3.63) is 41.5 Å². The zero-order valence-corrected chi connectivity index (χ0v) is 9.70. The molecule has 0 aliphatic carbocycles. The van der Waals surface area contributed by atoms with E-state index >= 15 is 0 Å². The molecule has 0 saturated heterocycles. The molecule has 0 N–H and O–H groups in total. The van der Waals surface area contributed by atoms with Crippen LogP contribution in [0.3, 0.4) is 0 Å². The number of carbonyl (C=O) groups excluding carboxylic acids is 1. The van der Waals surface area contributed by atoms with E-state index in [0.717, 1.165) is 23.8 Å². The van der Waals surface area contributed by atoms with E-state index in [2.05, 4.69) is 20.7 Å². The Hall–Kier alpha value is -1.62. The number of hydrogen-bond donors (Lipinski definition) is 0. The van der Waals surface area contributed by atoms with E-state index in [4.69, 9.17) is 0 Å². The maximum atomic E-state index is 11.7. The van der Waals surface area contributed by atoms with Gasteiger partial charge in [0.15, 0.2) is 5.78 Å². The standard InChI is InChI=1S/C11H11N3OS/c1-2-8-3-4-9(12-6-8)5-11(15)10-7-13-16-14-10/h3-4,6-7H,2,5H2,1H3. The summed E-state index contributed by atoms with van der Waals surface area (Å²) in [6.45, 7) is 2.07. The largest absolute Gasteiger partial charge is 0.292 e. The third kappa shape index (κ3) is 2.49. The molecule has 0 bridgehead atoms. The molecular formula is C11H11N3OS. The van der Waals surface area contributed by atoms with Gasteiger partial charge in [0.25, 0.3) is 0 Å². The van der Waals surface area contributed by atoms with Crippen LogP contribution >= 0.6 is 11.7 Å². The van der Waals surface area contributed by atoms with Gasteiger partial charge >= 0.3 is 0 Å². The average molecular weight is 233 g/mol. The fraction of sp³-hybridized carbons (Fsp3) is 0.273. The van der Waals surface area contributed by atoms with Gasteiger partial charge in [-0.2, -0.15) is 8.75 Å². The molecule has 2 aromatic rings. The van der Waals surface area contributed by atoms with Crippen molar-refractivity contribution >= 4 is 17.5 Å². The molecule has 0 atom stereocenters. The number of Topliss-reactive ketones (excluding diaryl/α,β-unsaturated/α-hetero) is 1. The number of rotatable bonds is 4. The van der Waals surface area contributed by atoms with Crippen molar-refractivity contribution in [2.45, 2.75) is 19.8 Å². The zero-order chi connectivity index (χ0) is 11.4. The molecule has 0 radical (unpaired) electrons. The molecule has 2 aromatic heterocycles. The molecule has 4 nitrogen and oxygen atoms in total. The summed E-state index contributed by atoms with van der Waals surface area (Å²) in [5, 5.41) is 0. The van der Waals surface area contributed by atoms with Gasteiger partial charge < -0.3 is 0 Å². The van der Waals surface area contributed by atoms with E-state index in [9.17, 15) is 4.79 Å². The molecule has 5 heteroatoms. The molecule has 0 aliphatic rings. The summed E-state index contributed by atoms with van der Waals surface area (Å²) in [6, 6.07) is 3.88. The molecule has 0 saturated carbocycles. The summed E-state index contributed by atoms with van der Waals surface area (Å²) in [5.74, 6) is -0.0366. The molecule has 2 rings (SSSR count). The normalized spacial score (nSPS) is 10.3. The van der Waals surface area contributed by atoms with Gasteiger partial charge in [-0.25, -0.2) is 0 Å². The second kappa shape index (κ2) is 4.94. The predicted molar refractivity (Wildman–Crippen MR) is 61.6 cm³/mol. The number of hydrogen-bond acceptors (Lipinski definition) is 5. The highest BCUT2D eigenvalue weighted by Gasteiger charge is 2.10. The van der Waals surface area contributed by atoms with Gasteiger partial charge in [-0.1, -0.05) is 13.0 Å². The Morgan fingerprint density at radius 3 is 2.81 bits per heavy atom. The van der Waals surface area contributed by atoms with Crippen LogP contribution in [0.2, 0.25) is 0 Å². The number of pyridine rings is 1. The van der Waals surface area contributed by atoms with Crippen molar-refractivity contribution in [2.24, 2.45) is 0 Å². The Bertz CT molecular complexity index is 464. The van der Waals surface area contributed by atoms with Gasteiger partial charge in [0.2, 0.25) is 0 Å². The van der Waals surface area contributed by atoms with Crippen LogP contribution in [-0.4, -0.2) is 19.5 Å². The smallest absolute Gasteiger partial charge is 0.189 e. The number of nitrogens with zero attached hydrogens (tertiary/aromatic N) is 3. The molecule has 0 aromatic carbocycles. The summed E-state index contributed by atoms with van der Waals surface area (Å²) in [4.78, 5) is 15.9. The lowest BCUT2D eigenvalue weighted by molar-refractivity contribution is 0.0988. The second-order valence-corrected chi connectivity index (χ2v) is 3.96. The molecule has 0 spiro atoms. The number of carbonyl (C=O) groups is 1. The lowest BCUT2D eigenvalue weighted by atomic mass is 10.1. The highest BCUT2D eigenvalue weighted by Crippen LogP contribution is 2.05. The lowest BCUT2D eigenvalue weighted by Gasteiger charge is -1.99. The van der Waals surface area contributed by atoms with Gasteiger partial charge in [0.1, 0.15) is 5.69 Å². The Morgan fingerprint density at radius 1 is 1.38 bits per heavy atom. The van der Waals surface area contributed by atoms with Crippen LogP contribution in [0.15, 0.2) is 24.5 Å². The minimum absolute atomic E-state index is 0.0366. The van der Waals surface area contributed by atoms with Crippen LogP contribution in [0, 0.1) is 0 Å². The van der Waals surface area contributed by atoms with E-state index in [-0.39, 0.29) is 12.2 Å². The maximum absolute atomic E-state index is 11.7. The van der Waals surface area contributed by atoms with Gasteiger partial charge in [0, 0.05) is 11.9 Å². The topological polar surface area (TPSA) is 55.7 Å². The monoisotopic (exact) mass is 233 g/mol. The Kier molecular flexibility index (Phi) is 3.36. The summed E-state index contributed by atoms with van der Waals surface area (Å²) in [5.41, 5.74) is 2.37. The van der Waals surface area contributed by atoms with E-state index in [1.165, 1.54) is 11.8 Å². The van der Waals surface area contributed by atoms with Crippen LogP contribution in [-0.2, 0) is 12.8 Å². The third-order valence-corrected chi connectivity index (χ3v) is 2.76. The molecule has 0 fully saturated rings. The molecule has 82 valence electrons. The first kappa shape index (κ1) is 10.9. The highest BCUT2D eigenvalue weighted by atomic mass is 32.1.